The molecule has 0 saturated heterocycles. The zero-order valence-corrected chi connectivity index (χ0v) is 11.9. The fourth-order valence-corrected chi connectivity index (χ4v) is 1.83. The first kappa shape index (κ1) is 14.8. The molecule has 2 aromatic rings. The Balaban J connectivity index is 2.07. The van der Waals surface area contributed by atoms with Crippen molar-refractivity contribution in [1.29, 1.82) is 0 Å². The summed E-state index contributed by atoms with van der Waals surface area (Å²) in [5.74, 6) is 5.64. The summed E-state index contributed by atoms with van der Waals surface area (Å²) in [6, 6.07) is 14.8. The lowest BCUT2D eigenvalue weighted by atomic mass is 10.1. The Morgan fingerprint density at radius 2 is 1.86 bits per heavy atom. The van der Waals surface area contributed by atoms with E-state index < -0.39 is 0 Å². The van der Waals surface area contributed by atoms with Crippen molar-refractivity contribution in [3.05, 3.63) is 65.2 Å². The molecular formula is C18H17NO2. The maximum Gasteiger partial charge on any atom is 0.255 e. The lowest BCUT2D eigenvalue weighted by Gasteiger charge is -2.08. The van der Waals surface area contributed by atoms with Crippen LogP contribution in [0.4, 0.5) is 5.69 Å². The van der Waals surface area contributed by atoms with Crippen LogP contribution in [0.15, 0.2) is 48.5 Å². The van der Waals surface area contributed by atoms with Crippen molar-refractivity contribution in [3.8, 4) is 11.8 Å². The fourth-order valence-electron chi connectivity index (χ4n) is 1.83. The van der Waals surface area contributed by atoms with E-state index in [4.69, 9.17) is 5.11 Å². The van der Waals surface area contributed by atoms with Gasteiger partial charge in [-0.3, -0.25) is 4.79 Å². The van der Waals surface area contributed by atoms with Crippen molar-refractivity contribution >= 4 is 11.6 Å². The molecule has 3 heteroatoms. The molecule has 0 aliphatic heterocycles. The monoisotopic (exact) mass is 279 g/mol. The van der Waals surface area contributed by atoms with E-state index in [1.54, 1.807) is 24.3 Å². The molecule has 0 fully saturated rings. The van der Waals surface area contributed by atoms with Gasteiger partial charge in [-0.2, -0.15) is 0 Å². The number of aliphatic hydroxyl groups is 1. The van der Waals surface area contributed by atoms with Crippen LogP contribution in [0.5, 0.6) is 0 Å². The SMILES string of the molecule is Cc1ccccc1NC(=O)c1ccc(C#CCCO)cc1. The normalized spacial score (nSPS) is 9.62. The molecule has 0 bridgehead atoms. The van der Waals surface area contributed by atoms with Crippen molar-refractivity contribution in [3.63, 3.8) is 0 Å². The zero-order chi connectivity index (χ0) is 15.1. The lowest BCUT2D eigenvalue weighted by molar-refractivity contribution is 0.102. The summed E-state index contributed by atoms with van der Waals surface area (Å²) in [6.45, 7) is 2.01. The molecule has 106 valence electrons. The van der Waals surface area contributed by atoms with Crippen LogP contribution in [0, 0.1) is 18.8 Å². The van der Waals surface area contributed by atoms with Gasteiger partial charge in [-0.15, -0.1) is 0 Å². The Hall–Kier alpha value is -2.57. The number of nitrogens with one attached hydrogen (secondary N) is 1. The van der Waals surface area contributed by atoms with Crippen LogP contribution in [0.3, 0.4) is 0 Å². The molecule has 21 heavy (non-hydrogen) atoms. The van der Waals surface area contributed by atoms with Gasteiger partial charge >= 0.3 is 0 Å². The first-order valence-corrected chi connectivity index (χ1v) is 6.77. The molecule has 0 spiro atoms. The van der Waals surface area contributed by atoms with Crippen LogP contribution in [-0.2, 0) is 0 Å². The van der Waals surface area contributed by atoms with Gasteiger partial charge in [-0.25, -0.2) is 0 Å². The minimum atomic E-state index is -0.140. The summed E-state index contributed by atoms with van der Waals surface area (Å²) in [5.41, 5.74) is 3.26. The van der Waals surface area contributed by atoms with Crippen molar-refractivity contribution in [2.75, 3.05) is 11.9 Å². The first-order chi connectivity index (χ1) is 10.2. The number of hydrogen-bond donors (Lipinski definition) is 2. The average molecular weight is 279 g/mol. The fraction of sp³-hybridized carbons (Fsp3) is 0.167. The number of aryl methyl sites for hydroxylation is 1. The van der Waals surface area contributed by atoms with E-state index in [1.165, 1.54) is 0 Å². The minimum Gasteiger partial charge on any atom is -0.395 e. The van der Waals surface area contributed by atoms with Crippen LogP contribution in [0.2, 0.25) is 0 Å². The molecule has 0 atom stereocenters. The summed E-state index contributed by atoms with van der Waals surface area (Å²) >= 11 is 0. The maximum atomic E-state index is 12.2. The largest absolute Gasteiger partial charge is 0.395 e. The van der Waals surface area contributed by atoms with E-state index in [9.17, 15) is 4.79 Å². The summed E-state index contributed by atoms with van der Waals surface area (Å²) in [5, 5.41) is 11.6. The van der Waals surface area contributed by atoms with Gasteiger partial charge in [0, 0.05) is 23.2 Å². The van der Waals surface area contributed by atoms with Gasteiger partial charge in [0.15, 0.2) is 0 Å². The molecule has 0 saturated carbocycles. The van der Waals surface area contributed by atoms with E-state index in [2.05, 4.69) is 17.2 Å². The molecule has 0 aliphatic carbocycles. The number of amides is 1. The Morgan fingerprint density at radius 3 is 2.52 bits per heavy atom. The van der Waals surface area contributed by atoms with Gasteiger partial charge in [0.05, 0.1) is 6.61 Å². The number of carbonyl (C=O) groups is 1. The number of benzene rings is 2. The Bertz CT molecular complexity index is 678. The Labute approximate surface area is 124 Å². The van der Waals surface area contributed by atoms with Crippen LogP contribution in [0.25, 0.3) is 0 Å². The third-order valence-corrected chi connectivity index (χ3v) is 3.01. The second-order valence-electron chi connectivity index (χ2n) is 4.62. The molecule has 3 nitrogen and oxygen atoms in total. The van der Waals surface area contributed by atoms with Gasteiger partial charge in [-0.1, -0.05) is 30.0 Å². The predicted octanol–water partition coefficient (Wildman–Crippen LogP) is 2.98. The first-order valence-electron chi connectivity index (χ1n) is 6.77. The standard InChI is InChI=1S/C18H17NO2/c1-14-6-2-3-8-17(14)19-18(21)16-11-9-15(10-12-16)7-4-5-13-20/h2-3,6,8-12,20H,5,13H2,1H3,(H,19,21). The van der Waals surface area contributed by atoms with E-state index in [-0.39, 0.29) is 12.5 Å². The van der Waals surface area contributed by atoms with Gasteiger partial charge in [0.2, 0.25) is 0 Å². The third-order valence-electron chi connectivity index (χ3n) is 3.01. The molecular weight excluding hydrogens is 262 g/mol. The highest BCUT2D eigenvalue weighted by Crippen LogP contribution is 2.14. The molecule has 2 N–H and O–H groups in total. The lowest BCUT2D eigenvalue weighted by Crippen LogP contribution is -2.12. The van der Waals surface area contributed by atoms with Crippen molar-refractivity contribution in [2.45, 2.75) is 13.3 Å². The maximum absolute atomic E-state index is 12.2. The van der Waals surface area contributed by atoms with Crippen molar-refractivity contribution in [2.24, 2.45) is 0 Å². The second-order valence-corrected chi connectivity index (χ2v) is 4.62. The summed E-state index contributed by atoms with van der Waals surface area (Å²) < 4.78 is 0. The number of rotatable bonds is 3. The van der Waals surface area contributed by atoms with Crippen LogP contribution >= 0.6 is 0 Å². The molecule has 2 aromatic carbocycles. The highest BCUT2D eigenvalue weighted by atomic mass is 16.2. The molecule has 0 aliphatic rings. The third kappa shape index (κ3) is 4.20. The molecule has 1 amide bonds. The van der Waals surface area contributed by atoms with E-state index >= 15 is 0 Å². The van der Waals surface area contributed by atoms with E-state index in [1.807, 2.05) is 31.2 Å². The van der Waals surface area contributed by atoms with Crippen molar-refractivity contribution in [1.82, 2.24) is 0 Å². The quantitative estimate of drug-likeness (QED) is 0.849. The van der Waals surface area contributed by atoms with Crippen LogP contribution in [-0.4, -0.2) is 17.6 Å². The molecule has 2 rings (SSSR count). The van der Waals surface area contributed by atoms with Gasteiger partial charge in [0.1, 0.15) is 0 Å². The highest BCUT2D eigenvalue weighted by Gasteiger charge is 2.06. The van der Waals surface area contributed by atoms with E-state index in [0.29, 0.717) is 12.0 Å². The molecule has 0 heterocycles. The summed E-state index contributed by atoms with van der Waals surface area (Å²) in [7, 11) is 0. The Kier molecular flexibility index (Phi) is 5.14. The van der Waals surface area contributed by atoms with Gasteiger partial charge < -0.3 is 10.4 Å². The molecule has 0 radical (unpaired) electrons. The number of para-hydroxylation sites is 1. The zero-order valence-electron chi connectivity index (χ0n) is 11.9. The smallest absolute Gasteiger partial charge is 0.255 e. The number of anilines is 1. The van der Waals surface area contributed by atoms with Gasteiger partial charge in [-0.05, 0) is 42.8 Å². The summed E-state index contributed by atoms with van der Waals surface area (Å²) in [6.07, 6.45) is 0.454. The van der Waals surface area contributed by atoms with Crippen molar-refractivity contribution < 1.29 is 9.90 Å². The van der Waals surface area contributed by atoms with Crippen LogP contribution < -0.4 is 5.32 Å². The second kappa shape index (κ2) is 7.28. The number of hydrogen-bond acceptors (Lipinski definition) is 2. The van der Waals surface area contributed by atoms with Gasteiger partial charge in [0.25, 0.3) is 5.91 Å². The topological polar surface area (TPSA) is 49.3 Å². The van der Waals surface area contributed by atoms with E-state index in [0.717, 1.165) is 16.8 Å². The molecule has 0 unspecified atom stereocenters. The average Bonchev–Trinajstić information content (AvgIpc) is 2.50. The number of aliphatic hydroxyl groups excluding tert-OH is 1. The molecule has 0 aromatic heterocycles. The minimum absolute atomic E-state index is 0.0594. The van der Waals surface area contributed by atoms with Crippen LogP contribution in [0.1, 0.15) is 27.9 Å². The highest BCUT2D eigenvalue weighted by molar-refractivity contribution is 6.04. The predicted molar refractivity (Wildman–Crippen MR) is 84.2 cm³/mol. The Morgan fingerprint density at radius 1 is 1.14 bits per heavy atom. The number of carbonyl (C=O) groups excluding carboxylic acids is 1. The summed E-state index contributed by atoms with van der Waals surface area (Å²) in [4.78, 5) is 12.2.